The SMILES string of the molecule is CC(=O)N1CCN(C(=O)CCNC(=O)c2ccccc2N)CC1. The van der Waals surface area contributed by atoms with E-state index >= 15 is 0 Å². The van der Waals surface area contributed by atoms with Gasteiger partial charge in [-0.25, -0.2) is 0 Å². The smallest absolute Gasteiger partial charge is 0.253 e. The van der Waals surface area contributed by atoms with Crippen molar-refractivity contribution in [3.05, 3.63) is 29.8 Å². The Morgan fingerprint density at radius 3 is 2.30 bits per heavy atom. The number of hydrogen-bond donors (Lipinski definition) is 2. The first kappa shape index (κ1) is 16.8. The molecule has 23 heavy (non-hydrogen) atoms. The van der Waals surface area contributed by atoms with Gasteiger partial charge in [0.05, 0.1) is 5.56 Å². The summed E-state index contributed by atoms with van der Waals surface area (Å²) >= 11 is 0. The van der Waals surface area contributed by atoms with E-state index in [1.54, 1.807) is 34.1 Å². The van der Waals surface area contributed by atoms with Crippen molar-refractivity contribution in [1.82, 2.24) is 15.1 Å². The Morgan fingerprint density at radius 1 is 1.09 bits per heavy atom. The predicted octanol–water partition coefficient (Wildman–Crippen LogP) is 0.0794. The van der Waals surface area contributed by atoms with Crippen LogP contribution in [0.25, 0.3) is 0 Å². The van der Waals surface area contributed by atoms with Gasteiger partial charge < -0.3 is 20.9 Å². The van der Waals surface area contributed by atoms with Crippen molar-refractivity contribution in [3.8, 4) is 0 Å². The highest BCUT2D eigenvalue weighted by atomic mass is 16.2. The van der Waals surface area contributed by atoms with Crippen LogP contribution >= 0.6 is 0 Å². The van der Waals surface area contributed by atoms with Crippen LogP contribution < -0.4 is 11.1 Å². The lowest BCUT2D eigenvalue weighted by atomic mass is 10.1. The van der Waals surface area contributed by atoms with Gasteiger partial charge in [-0.1, -0.05) is 12.1 Å². The Morgan fingerprint density at radius 2 is 1.70 bits per heavy atom. The molecule has 0 aromatic heterocycles. The summed E-state index contributed by atoms with van der Waals surface area (Å²) in [5, 5.41) is 2.71. The molecule has 0 bridgehead atoms. The average molecular weight is 318 g/mol. The van der Waals surface area contributed by atoms with Gasteiger partial charge in [0, 0.05) is 51.8 Å². The predicted molar refractivity (Wildman–Crippen MR) is 86.6 cm³/mol. The van der Waals surface area contributed by atoms with Gasteiger partial charge in [0.2, 0.25) is 11.8 Å². The summed E-state index contributed by atoms with van der Waals surface area (Å²) in [6.45, 7) is 4.00. The normalized spacial score (nSPS) is 14.5. The molecule has 1 aromatic carbocycles. The molecule has 3 amide bonds. The molecular weight excluding hydrogens is 296 g/mol. The van der Waals surface area contributed by atoms with Crippen molar-refractivity contribution in [2.45, 2.75) is 13.3 Å². The second-order valence-electron chi connectivity index (χ2n) is 5.48. The van der Waals surface area contributed by atoms with E-state index in [0.717, 1.165) is 0 Å². The van der Waals surface area contributed by atoms with E-state index in [1.165, 1.54) is 6.92 Å². The van der Waals surface area contributed by atoms with Gasteiger partial charge in [0.25, 0.3) is 5.91 Å². The van der Waals surface area contributed by atoms with Crippen LogP contribution in [-0.2, 0) is 9.59 Å². The number of amides is 3. The minimum Gasteiger partial charge on any atom is -0.398 e. The maximum absolute atomic E-state index is 12.1. The second-order valence-corrected chi connectivity index (χ2v) is 5.48. The number of nitrogens with two attached hydrogens (primary N) is 1. The molecule has 124 valence electrons. The van der Waals surface area contributed by atoms with Gasteiger partial charge in [-0.05, 0) is 12.1 Å². The summed E-state index contributed by atoms with van der Waals surface area (Å²) in [6, 6.07) is 6.81. The first-order valence-corrected chi connectivity index (χ1v) is 7.65. The molecule has 0 aliphatic carbocycles. The van der Waals surface area contributed by atoms with Crippen LogP contribution in [0.5, 0.6) is 0 Å². The number of nitrogen functional groups attached to an aromatic ring is 1. The molecule has 0 unspecified atom stereocenters. The molecule has 1 aromatic rings. The van der Waals surface area contributed by atoms with Crippen molar-refractivity contribution in [2.24, 2.45) is 0 Å². The van der Waals surface area contributed by atoms with Gasteiger partial charge in [-0.2, -0.15) is 0 Å². The van der Waals surface area contributed by atoms with Gasteiger partial charge in [-0.3, -0.25) is 14.4 Å². The van der Waals surface area contributed by atoms with E-state index in [4.69, 9.17) is 5.73 Å². The minimum atomic E-state index is -0.280. The fraction of sp³-hybridized carbons (Fsp3) is 0.438. The van der Waals surface area contributed by atoms with Gasteiger partial charge >= 0.3 is 0 Å². The molecule has 0 spiro atoms. The van der Waals surface area contributed by atoms with Gasteiger partial charge in [-0.15, -0.1) is 0 Å². The molecule has 7 nitrogen and oxygen atoms in total. The zero-order chi connectivity index (χ0) is 16.8. The zero-order valence-corrected chi connectivity index (χ0v) is 13.2. The van der Waals surface area contributed by atoms with Crippen molar-refractivity contribution in [2.75, 3.05) is 38.5 Å². The molecule has 1 saturated heterocycles. The highest BCUT2D eigenvalue weighted by Crippen LogP contribution is 2.10. The number of benzene rings is 1. The first-order chi connectivity index (χ1) is 11.0. The lowest BCUT2D eigenvalue weighted by Gasteiger charge is -2.34. The average Bonchev–Trinajstić information content (AvgIpc) is 2.55. The van der Waals surface area contributed by atoms with E-state index in [2.05, 4.69) is 5.32 Å². The molecule has 2 rings (SSSR count). The van der Waals surface area contributed by atoms with Crippen LogP contribution in [0.15, 0.2) is 24.3 Å². The number of anilines is 1. The molecule has 7 heteroatoms. The molecule has 0 saturated carbocycles. The third kappa shape index (κ3) is 4.45. The largest absolute Gasteiger partial charge is 0.398 e. The second kappa shape index (κ2) is 7.62. The fourth-order valence-corrected chi connectivity index (χ4v) is 2.51. The van der Waals surface area contributed by atoms with Crippen LogP contribution in [0.2, 0.25) is 0 Å². The molecule has 0 atom stereocenters. The monoisotopic (exact) mass is 318 g/mol. The third-order valence-electron chi connectivity index (χ3n) is 3.91. The lowest BCUT2D eigenvalue weighted by Crippen LogP contribution is -2.50. The maximum Gasteiger partial charge on any atom is 0.253 e. The molecule has 1 fully saturated rings. The Kier molecular flexibility index (Phi) is 5.56. The summed E-state index contributed by atoms with van der Waals surface area (Å²) in [5.74, 6) is -0.267. The number of carbonyl (C=O) groups excluding carboxylic acids is 3. The van der Waals surface area contributed by atoms with Crippen LogP contribution in [0.3, 0.4) is 0 Å². The summed E-state index contributed by atoms with van der Waals surface area (Å²) in [6.07, 6.45) is 0.235. The Balaban J connectivity index is 1.74. The fourth-order valence-electron chi connectivity index (χ4n) is 2.51. The van der Waals surface area contributed by atoms with Crippen LogP contribution in [0, 0.1) is 0 Å². The van der Waals surface area contributed by atoms with Crippen LogP contribution in [0.1, 0.15) is 23.7 Å². The number of nitrogens with one attached hydrogen (secondary N) is 1. The van der Waals surface area contributed by atoms with Crippen molar-refractivity contribution in [3.63, 3.8) is 0 Å². The van der Waals surface area contributed by atoms with Crippen LogP contribution in [-0.4, -0.2) is 60.2 Å². The van der Waals surface area contributed by atoms with Gasteiger partial charge in [0.1, 0.15) is 0 Å². The van der Waals surface area contributed by atoms with E-state index < -0.39 is 0 Å². The van der Waals surface area contributed by atoms with Crippen molar-refractivity contribution < 1.29 is 14.4 Å². The van der Waals surface area contributed by atoms with E-state index in [9.17, 15) is 14.4 Å². The number of rotatable bonds is 4. The molecule has 1 heterocycles. The Hall–Kier alpha value is -2.57. The summed E-state index contributed by atoms with van der Waals surface area (Å²) < 4.78 is 0. The highest BCUT2D eigenvalue weighted by molar-refractivity contribution is 5.99. The van der Waals surface area contributed by atoms with E-state index in [1.807, 2.05) is 0 Å². The highest BCUT2D eigenvalue weighted by Gasteiger charge is 2.22. The quantitative estimate of drug-likeness (QED) is 0.769. The molecular formula is C16H22N4O3. The van der Waals surface area contributed by atoms with E-state index in [-0.39, 0.29) is 30.7 Å². The zero-order valence-electron chi connectivity index (χ0n) is 13.2. The molecule has 3 N–H and O–H groups in total. The standard InChI is InChI=1S/C16H22N4O3/c1-12(21)19-8-10-20(11-9-19)15(22)6-7-18-16(23)13-4-2-3-5-14(13)17/h2-5H,6-11,17H2,1H3,(H,18,23). The number of piperazine rings is 1. The minimum absolute atomic E-state index is 0.0189. The number of carbonyl (C=O) groups is 3. The van der Waals surface area contributed by atoms with Crippen LogP contribution in [0.4, 0.5) is 5.69 Å². The summed E-state index contributed by atoms with van der Waals surface area (Å²) in [5.41, 5.74) is 6.56. The first-order valence-electron chi connectivity index (χ1n) is 7.65. The molecule has 0 radical (unpaired) electrons. The molecule has 1 aliphatic heterocycles. The van der Waals surface area contributed by atoms with Gasteiger partial charge in [0.15, 0.2) is 0 Å². The molecule has 1 aliphatic rings. The van der Waals surface area contributed by atoms with E-state index in [0.29, 0.717) is 37.4 Å². The Labute approximate surface area is 135 Å². The van der Waals surface area contributed by atoms with Crippen molar-refractivity contribution in [1.29, 1.82) is 0 Å². The number of para-hydroxylation sites is 1. The number of hydrogen-bond acceptors (Lipinski definition) is 4. The van der Waals surface area contributed by atoms with Crippen molar-refractivity contribution >= 4 is 23.4 Å². The topological polar surface area (TPSA) is 95.7 Å². The maximum atomic E-state index is 12.1. The summed E-state index contributed by atoms with van der Waals surface area (Å²) in [7, 11) is 0. The Bertz CT molecular complexity index is 595. The lowest BCUT2D eigenvalue weighted by molar-refractivity contribution is -0.138. The summed E-state index contributed by atoms with van der Waals surface area (Å²) in [4.78, 5) is 38.8. The number of nitrogens with zero attached hydrogens (tertiary/aromatic N) is 2. The third-order valence-corrected chi connectivity index (χ3v) is 3.91.